The van der Waals surface area contributed by atoms with Crippen molar-refractivity contribution in [3.8, 4) is 0 Å². The average molecular weight is 244 g/mol. The first kappa shape index (κ1) is 12.6. The Morgan fingerprint density at radius 3 is 2.94 bits per heavy atom. The lowest BCUT2D eigenvalue weighted by Crippen LogP contribution is -2.42. The van der Waals surface area contributed by atoms with Gasteiger partial charge in [-0.15, -0.1) is 0 Å². The molecule has 0 spiro atoms. The standard InChI is InChI=1S/C9H12N2O4S/c1-6(12)11-7(8(13)14-2)5-16-9-10-3-4-15-9/h3-4,7H,5H2,1-2H3,(H,11,12). The quantitative estimate of drug-likeness (QED) is 0.598. The van der Waals surface area contributed by atoms with Crippen molar-refractivity contribution >= 4 is 23.6 Å². The molecule has 6 nitrogen and oxygen atoms in total. The number of amides is 1. The lowest BCUT2D eigenvalue weighted by atomic mass is 10.3. The smallest absolute Gasteiger partial charge is 0.329 e. The van der Waals surface area contributed by atoms with Crippen LogP contribution < -0.4 is 5.32 Å². The molecule has 1 rings (SSSR count). The average Bonchev–Trinajstić information content (AvgIpc) is 2.75. The van der Waals surface area contributed by atoms with E-state index >= 15 is 0 Å². The molecule has 0 aliphatic rings. The minimum absolute atomic E-state index is 0.289. The van der Waals surface area contributed by atoms with E-state index in [2.05, 4.69) is 15.0 Å². The van der Waals surface area contributed by atoms with Crippen LogP contribution >= 0.6 is 11.8 Å². The van der Waals surface area contributed by atoms with Crippen molar-refractivity contribution in [1.29, 1.82) is 0 Å². The highest BCUT2D eigenvalue weighted by molar-refractivity contribution is 7.99. The van der Waals surface area contributed by atoms with Gasteiger partial charge in [0.25, 0.3) is 5.22 Å². The summed E-state index contributed by atoms with van der Waals surface area (Å²) in [5.41, 5.74) is 0. The normalized spacial score (nSPS) is 11.9. The summed E-state index contributed by atoms with van der Waals surface area (Å²) in [4.78, 5) is 26.1. The Morgan fingerprint density at radius 2 is 2.44 bits per heavy atom. The molecular formula is C9H12N2O4S. The number of esters is 1. The van der Waals surface area contributed by atoms with E-state index in [-0.39, 0.29) is 5.91 Å². The number of carbonyl (C=O) groups is 2. The number of ether oxygens (including phenoxy) is 1. The first-order valence-electron chi connectivity index (χ1n) is 4.50. The van der Waals surface area contributed by atoms with Crippen LogP contribution in [0.4, 0.5) is 0 Å². The van der Waals surface area contributed by atoms with Gasteiger partial charge in [0, 0.05) is 12.7 Å². The Balaban J connectivity index is 2.50. The van der Waals surface area contributed by atoms with Crippen molar-refractivity contribution in [3.63, 3.8) is 0 Å². The molecule has 0 radical (unpaired) electrons. The van der Waals surface area contributed by atoms with E-state index < -0.39 is 12.0 Å². The van der Waals surface area contributed by atoms with Gasteiger partial charge in [0.1, 0.15) is 12.3 Å². The third kappa shape index (κ3) is 3.93. The second kappa shape index (κ2) is 6.16. The third-order valence-electron chi connectivity index (χ3n) is 1.65. The summed E-state index contributed by atoms with van der Waals surface area (Å²) in [7, 11) is 1.27. The van der Waals surface area contributed by atoms with Crippen LogP contribution in [-0.4, -0.2) is 35.8 Å². The fourth-order valence-corrected chi connectivity index (χ4v) is 1.78. The molecule has 88 valence electrons. The van der Waals surface area contributed by atoms with Crippen LogP contribution in [-0.2, 0) is 14.3 Å². The number of thioether (sulfide) groups is 1. The maximum atomic E-state index is 11.3. The van der Waals surface area contributed by atoms with E-state index in [1.54, 1.807) is 0 Å². The van der Waals surface area contributed by atoms with Crippen LogP contribution in [0, 0.1) is 0 Å². The van der Waals surface area contributed by atoms with Crippen LogP contribution in [0.3, 0.4) is 0 Å². The van der Waals surface area contributed by atoms with Crippen LogP contribution in [0.25, 0.3) is 0 Å². The summed E-state index contributed by atoms with van der Waals surface area (Å²) in [6, 6.07) is -0.695. The summed E-state index contributed by atoms with van der Waals surface area (Å²) in [6.07, 6.45) is 2.95. The Labute approximate surface area is 96.7 Å². The highest BCUT2D eigenvalue weighted by Crippen LogP contribution is 2.16. The van der Waals surface area contributed by atoms with Gasteiger partial charge >= 0.3 is 5.97 Å². The predicted octanol–water partition coefficient (Wildman–Crippen LogP) is 0.444. The SMILES string of the molecule is COC(=O)C(CSc1ncco1)NC(C)=O. The first-order chi connectivity index (χ1) is 7.63. The van der Waals surface area contributed by atoms with E-state index in [4.69, 9.17) is 4.42 Å². The molecule has 1 unspecified atom stereocenters. The number of nitrogens with zero attached hydrogens (tertiary/aromatic N) is 1. The molecule has 1 atom stereocenters. The minimum Gasteiger partial charge on any atom is -0.467 e. The van der Waals surface area contributed by atoms with Gasteiger partial charge in [-0.1, -0.05) is 11.8 Å². The lowest BCUT2D eigenvalue weighted by molar-refractivity contribution is -0.144. The summed E-state index contributed by atoms with van der Waals surface area (Å²) < 4.78 is 9.55. The van der Waals surface area contributed by atoms with Crippen molar-refractivity contribution in [1.82, 2.24) is 10.3 Å². The molecule has 0 saturated carbocycles. The van der Waals surface area contributed by atoms with Crippen LogP contribution in [0.1, 0.15) is 6.92 Å². The Hall–Kier alpha value is -1.50. The van der Waals surface area contributed by atoms with Crippen molar-refractivity contribution in [2.24, 2.45) is 0 Å². The van der Waals surface area contributed by atoms with Crippen molar-refractivity contribution in [2.45, 2.75) is 18.2 Å². The van der Waals surface area contributed by atoms with E-state index in [1.165, 1.54) is 38.3 Å². The molecule has 0 aromatic carbocycles. The molecular weight excluding hydrogens is 232 g/mol. The van der Waals surface area contributed by atoms with Gasteiger partial charge in [-0.05, 0) is 0 Å². The molecule has 0 fully saturated rings. The van der Waals surface area contributed by atoms with Gasteiger partial charge in [-0.25, -0.2) is 9.78 Å². The highest BCUT2D eigenvalue weighted by atomic mass is 32.2. The molecule has 0 bridgehead atoms. The van der Waals surface area contributed by atoms with Crippen molar-refractivity contribution in [2.75, 3.05) is 12.9 Å². The van der Waals surface area contributed by atoms with Gasteiger partial charge in [-0.3, -0.25) is 4.79 Å². The van der Waals surface area contributed by atoms with Crippen LogP contribution in [0.15, 0.2) is 22.1 Å². The molecule has 1 aromatic heterocycles. The van der Waals surface area contributed by atoms with Crippen LogP contribution in [0.2, 0.25) is 0 Å². The molecule has 1 aromatic rings. The van der Waals surface area contributed by atoms with Crippen molar-refractivity contribution < 1.29 is 18.7 Å². The lowest BCUT2D eigenvalue weighted by Gasteiger charge is -2.13. The largest absolute Gasteiger partial charge is 0.467 e. The zero-order chi connectivity index (χ0) is 12.0. The monoisotopic (exact) mass is 244 g/mol. The summed E-state index contributed by atoms with van der Waals surface area (Å²) in [6.45, 7) is 1.34. The maximum Gasteiger partial charge on any atom is 0.329 e. The van der Waals surface area contributed by atoms with E-state index in [0.717, 1.165) is 0 Å². The van der Waals surface area contributed by atoms with Gasteiger partial charge in [0.2, 0.25) is 5.91 Å². The second-order valence-electron chi connectivity index (χ2n) is 2.89. The summed E-state index contributed by atoms with van der Waals surface area (Å²) in [5, 5.41) is 2.93. The topological polar surface area (TPSA) is 81.4 Å². The molecule has 1 amide bonds. The van der Waals surface area contributed by atoms with Gasteiger partial charge < -0.3 is 14.5 Å². The number of aromatic nitrogens is 1. The fraction of sp³-hybridized carbons (Fsp3) is 0.444. The zero-order valence-corrected chi connectivity index (χ0v) is 9.74. The Bertz CT molecular complexity index is 352. The summed E-state index contributed by atoms with van der Waals surface area (Å²) in [5.74, 6) is -0.468. The third-order valence-corrected chi connectivity index (χ3v) is 2.59. The predicted molar refractivity (Wildman–Crippen MR) is 56.8 cm³/mol. The summed E-state index contributed by atoms with van der Waals surface area (Å²) >= 11 is 1.23. The van der Waals surface area contributed by atoms with Gasteiger partial charge in [0.15, 0.2) is 0 Å². The highest BCUT2D eigenvalue weighted by Gasteiger charge is 2.20. The Kier molecular flexibility index (Phi) is 4.84. The van der Waals surface area contributed by atoms with E-state index in [9.17, 15) is 9.59 Å². The Morgan fingerprint density at radius 1 is 1.69 bits per heavy atom. The molecule has 1 N–H and O–H groups in total. The number of oxazole rings is 1. The molecule has 16 heavy (non-hydrogen) atoms. The number of nitrogens with one attached hydrogen (secondary N) is 1. The number of methoxy groups -OCH3 is 1. The number of carbonyl (C=O) groups excluding carboxylic acids is 2. The first-order valence-corrected chi connectivity index (χ1v) is 5.49. The minimum atomic E-state index is -0.695. The van der Waals surface area contributed by atoms with Gasteiger partial charge in [-0.2, -0.15) is 0 Å². The number of hydrogen-bond acceptors (Lipinski definition) is 6. The molecule has 1 heterocycles. The van der Waals surface area contributed by atoms with E-state index in [0.29, 0.717) is 11.0 Å². The molecule has 0 saturated heterocycles. The van der Waals surface area contributed by atoms with Gasteiger partial charge in [0.05, 0.1) is 13.3 Å². The fourth-order valence-electron chi connectivity index (χ4n) is 0.993. The second-order valence-corrected chi connectivity index (χ2v) is 3.86. The number of hydrogen-bond donors (Lipinski definition) is 1. The molecule has 7 heteroatoms. The molecule has 0 aliphatic carbocycles. The van der Waals surface area contributed by atoms with Crippen molar-refractivity contribution in [3.05, 3.63) is 12.5 Å². The maximum absolute atomic E-state index is 11.3. The van der Waals surface area contributed by atoms with E-state index in [1.807, 2.05) is 0 Å². The van der Waals surface area contributed by atoms with Crippen LogP contribution in [0.5, 0.6) is 0 Å². The molecule has 0 aliphatic heterocycles. The zero-order valence-electron chi connectivity index (χ0n) is 8.93. The number of rotatable bonds is 5.